The molecule has 2 heterocycles. The molecular weight excluding hydrogens is 226 g/mol. The Labute approximate surface area is 106 Å². The van der Waals surface area contributed by atoms with Gasteiger partial charge in [-0.15, -0.1) is 0 Å². The fraction of sp³-hybridized carbons (Fsp3) is 0.429. The maximum Gasteiger partial charge on any atom is 0.275 e. The molecule has 4 heteroatoms. The Morgan fingerprint density at radius 2 is 2.28 bits per heavy atom. The van der Waals surface area contributed by atoms with Crippen LogP contribution < -0.4 is 0 Å². The molecule has 0 spiro atoms. The summed E-state index contributed by atoms with van der Waals surface area (Å²) < 4.78 is 0. The van der Waals surface area contributed by atoms with Crippen LogP contribution in [0.5, 0.6) is 0 Å². The lowest BCUT2D eigenvalue weighted by Crippen LogP contribution is -2.39. The zero-order chi connectivity index (χ0) is 12.5. The average Bonchev–Trinajstić information content (AvgIpc) is 2.82. The number of hydrogen-bond donors (Lipinski definition) is 1. The van der Waals surface area contributed by atoms with E-state index in [9.17, 15) is 4.79 Å². The predicted molar refractivity (Wildman–Crippen MR) is 70.4 cm³/mol. The van der Waals surface area contributed by atoms with E-state index in [1.165, 1.54) is 6.42 Å². The van der Waals surface area contributed by atoms with E-state index in [1.807, 2.05) is 29.2 Å². The summed E-state index contributed by atoms with van der Waals surface area (Å²) in [7, 11) is 0. The third-order valence-corrected chi connectivity index (χ3v) is 3.62. The number of aromatic nitrogens is 2. The van der Waals surface area contributed by atoms with Gasteiger partial charge in [-0.1, -0.05) is 25.1 Å². The molecule has 1 aromatic carbocycles. The van der Waals surface area contributed by atoms with E-state index < -0.39 is 0 Å². The summed E-state index contributed by atoms with van der Waals surface area (Å²) in [4.78, 5) is 14.4. The van der Waals surface area contributed by atoms with Gasteiger partial charge in [-0.25, -0.2) is 0 Å². The molecule has 1 aromatic heterocycles. The van der Waals surface area contributed by atoms with E-state index in [-0.39, 0.29) is 5.91 Å². The van der Waals surface area contributed by atoms with Crippen molar-refractivity contribution in [2.75, 3.05) is 13.1 Å². The number of fused-ring (bicyclic) bond motifs is 1. The van der Waals surface area contributed by atoms with Crippen LogP contribution >= 0.6 is 0 Å². The molecule has 94 valence electrons. The van der Waals surface area contributed by atoms with Gasteiger partial charge < -0.3 is 4.90 Å². The second-order valence-electron chi connectivity index (χ2n) is 5.12. The number of likely N-dealkylation sites (tertiary alicyclic amines) is 1. The Balaban J connectivity index is 1.92. The molecule has 1 amide bonds. The number of hydrogen-bond acceptors (Lipinski definition) is 2. The molecule has 1 N–H and O–H groups in total. The number of benzene rings is 1. The van der Waals surface area contributed by atoms with Crippen molar-refractivity contribution in [3.63, 3.8) is 0 Å². The number of para-hydroxylation sites is 1. The molecule has 0 unspecified atom stereocenters. The second-order valence-corrected chi connectivity index (χ2v) is 5.12. The summed E-state index contributed by atoms with van der Waals surface area (Å²) >= 11 is 0. The van der Waals surface area contributed by atoms with E-state index in [0.29, 0.717) is 11.6 Å². The largest absolute Gasteiger partial charge is 0.337 e. The molecule has 3 rings (SSSR count). The van der Waals surface area contributed by atoms with Crippen molar-refractivity contribution in [2.45, 2.75) is 19.8 Å². The molecule has 0 saturated carbocycles. The van der Waals surface area contributed by atoms with Crippen molar-refractivity contribution in [1.29, 1.82) is 0 Å². The van der Waals surface area contributed by atoms with Gasteiger partial charge in [0.1, 0.15) is 0 Å². The fourth-order valence-corrected chi connectivity index (χ4v) is 2.65. The quantitative estimate of drug-likeness (QED) is 0.836. The maximum absolute atomic E-state index is 12.5. The number of rotatable bonds is 1. The first kappa shape index (κ1) is 11.3. The Morgan fingerprint density at radius 1 is 1.44 bits per heavy atom. The van der Waals surface area contributed by atoms with Crippen LogP contribution in [0.15, 0.2) is 24.3 Å². The SMILES string of the molecule is C[C@@H]1CCCN(C(=O)c2n[nH]c3ccccc23)C1. The smallest absolute Gasteiger partial charge is 0.275 e. The summed E-state index contributed by atoms with van der Waals surface area (Å²) in [6.45, 7) is 3.90. The topological polar surface area (TPSA) is 49.0 Å². The minimum absolute atomic E-state index is 0.0546. The van der Waals surface area contributed by atoms with Crippen molar-refractivity contribution in [3.8, 4) is 0 Å². The number of carbonyl (C=O) groups excluding carboxylic acids is 1. The Hall–Kier alpha value is -1.84. The highest BCUT2D eigenvalue weighted by molar-refractivity contribution is 6.04. The lowest BCUT2D eigenvalue weighted by atomic mass is 10.00. The van der Waals surface area contributed by atoms with Gasteiger partial charge in [-0.2, -0.15) is 5.10 Å². The first-order valence-electron chi connectivity index (χ1n) is 6.48. The van der Waals surface area contributed by atoms with E-state index >= 15 is 0 Å². The van der Waals surface area contributed by atoms with Gasteiger partial charge in [0.2, 0.25) is 0 Å². The van der Waals surface area contributed by atoms with Crippen molar-refractivity contribution < 1.29 is 4.79 Å². The number of nitrogens with zero attached hydrogens (tertiary/aromatic N) is 2. The van der Waals surface area contributed by atoms with Gasteiger partial charge in [0.05, 0.1) is 5.52 Å². The minimum Gasteiger partial charge on any atom is -0.337 e. The molecule has 4 nitrogen and oxygen atoms in total. The van der Waals surface area contributed by atoms with Crippen LogP contribution in [0.1, 0.15) is 30.3 Å². The van der Waals surface area contributed by atoms with Crippen LogP contribution in [0, 0.1) is 5.92 Å². The Morgan fingerprint density at radius 3 is 3.11 bits per heavy atom. The number of nitrogens with one attached hydrogen (secondary N) is 1. The van der Waals surface area contributed by atoms with E-state index in [2.05, 4.69) is 17.1 Å². The molecule has 18 heavy (non-hydrogen) atoms. The van der Waals surface area contributed by atoms with Crippen LogP contribution in [0.2, 0.25) is 0 Å². The molecule has 1 aliphatic heterocycles. The molecule has 1 saturated heterocycles. The van der Waals surface area contributed by atoms with Crippen LogP contribution in [-0.4, -0.2) is 34.1 Å². The molecule has 0 bridgehead atoms. The molecule has 2 aromatic rings. The number of piperidine rings is 1. The van der Waals surface area contributed by atoms with Gasteiger partial charge in [-0.05, 0) is 24.8 Å². The average molecular weight is 243 g/mol. The van der Waals surface area contributed by atoms with Gasteiger partial charge in [0, 0.05) is 18.5 Å². The summed E-state index contributed by atoms with van der Waals surface area (Å²) in [5.74, 6) is 0.645. The zero-order valence-corrected chi connectivity index (χ0v) is 10.5. The highest BCUT2D eigenvalue weighted by atomic mass is 16.2. The summed E-state index contributed by atoms with van der Waals surface area (Å²) in [5, 5.41) is 8.02. The third kappa shape index (κ3) is 1.88. The van der Waals surface area contributed by atoms with Crippen LogP contribution in [0.4, 0.5) is 0 Å². The Bertz CT molecular complexity index is 575. The summed E-state index contributed by atoms with van der Waals surface area (Å²) in [5.41, 5.74) is 1.48. The lowest BCUT2D eigenvalue weighted by molar-refractivity contribution is 0.0679. The van der Waals surface area contributed by atoms with Crippen molar-refractivity contribution in [3.05, 3.63) is 30.0 Å². The molecule has 0 aliphatic carbocycles. The van der Waals surface area contributed by atoms with Gasteiger partial charge in [0.25, 0.3) is 5.91 Å². The van der Waals surface area contributed by atoms with Crippen LogP contribution in [-0.2, 0) is 0 Å². The first-order chi connectivity index (χ1) is 8.75. The van der Waals surface area contributed by atoms with Crippen LogP contribution in [0.25, 0.3) is 10.9 Å². The number of aromatic amines is 1. The molecular formula is C14H17N3O. The highest BCUT2D eigenvalue weighted by Gasteiger charge is 2.24. The third-order valence-electron chi connectivity index (χ3n) is 3.62. The van der Waals surface area contributed by atoms with E-state index in [1.54, 1.807) is 0 Å². The standard InChI is InChI=1S/C14H17N3O/c1-10-5-4-8-17(9-10)14(18)13-11-6-2-3-7-12(11)15-16-13/h2-3,6-7,10H,4-5,8-9H2,1H3,(H,15,16)/t10-/m1/s1. The highest BCUT2D eigenvalue weighted by Crippen LogP contribution is 2.21. The van der Waals surface area contributed by atoms with E-state index in [0.717, 1.165) is 30.4 Å². The zero-order valence-electron chi connectivity index (χ0n) is 10.5. The van der Waals surface area contributed by atoms with Crippen LogP contribution in [0.3, 0.4) is 0 Å². The summed E-state index contributed by atoms with van der Waals surface area (Å²) in [6.07, 6.45) is 2.31. The van der Waals surface area contributed by atoms with Crippen molar-refractivity contribution >= 4 is 16.8 Å². The number of H-pyrrole nitrogens is 1. The molecule has 1 aliphatic rings. The van der Waals surface area contributed by atoms with E-state index in [4.69, 9.17) is 0 Å². The molecule has 1 fully saturated rings. The number of amides is 1. The monoisotopic (exact) mass is 243 g/mol. The predicted octanol–water partition coefficient (Wildman–Crippen LogP) is 2.44. The molecule has 0 radical (unpaired) electrons. The van der Waals surface area contributed by atoms with Crippen molar-refractivity contribution in [2.24, 2.45) is 5.92 Å². The second kappa shape index (κ2) is 4.44. The van der Waals surface area contributed by atoms with Gasteiger partial charge in [0.15, 0.2) is 5.69 Å². The normalized spacial score (nSPS) is 20.3. The number of carbonyl (C=O) groups is 1. The van der Waals surface area contributed by atoms with Gasteiger partial charge >= 0.3 is 0 Å². The minimum atomic E-state index is 0.0546. The van der Waals surface area contributed by atoms with Gasteiger partial charge in [-0.3, -0.25) is 9.89 Å². The fourth-order valence-electron chi connectivity index (χ4n) is 2.65. The molecule has 1 atom stereocenters. The van der Waals surface area contributed by atoms with Crippen molar-refractivity contribution in [1.82, 2.24) is 15.1 Å². The maximum atomic E-state index is 12.5. The Kier molecular flexibility index (Phi) is 2.78. The first-order valence-corrected chi connectivity index (χ1v) is 6.48. The lowest BCUT2D eigenvalue weighted by Gasteiger charge is -2.30. The summed E-state index contributed by atoms with van der Waals surface area (Å²) in [6, 6.07) is 7.77.